The molecule has 0 fully saturated rings. The molecule has 0 spiro atoms. The molecule has 11 heteroatoms. The fraction of sp³-hybridized carbons (Fsp3) is 0.220. The van der Waals surface area contributed by atoms with Crippen LogP contribution in [0.1, 0.15) is 48.1 Å². The first-order chi connectivity index (χ1) is 24.9. The summed E-state index contributed by atoms with van der Waals surface area (Å²) < 4.78 is 92.0. The Morgan fingerprint density at radius 2 is 1.40 bits per heavy atom. The molecule has 52 heavy (non-hydrogen) atoms. The van der Waals surface area contributed by atoms with Gasteiger partial charge in [0.05, 0.1) is 19.8 Å². The predicted molar refractivity (Wildman–Crippen MR) is 188 cm³/mol. The van der Waals surface area contributed by atoms with Gasteiger partial charge in [-0.1, -0.05) is 60.5 Å². The molecule has 0 saturated heterocycles. The first-order valence-electron chi connectivity index (χ1n) is 16.2. The highest BCUT2D eigenvalue weighted by molar-refractivity contribution is 5.79. The van der Waals surface area contributed by atoms with E-state index >= 15 is 8.78 Å². The number of aliphatic imine (C=N–C) groups is 1. The van der Waals surface area contributed by atoms with Gasteiger partial charge in [0.15, 0.2) is 6.10 Å². The molecule has 1 aromatic heterocycles. The first kappa shape index (κ1) is 35.9. The summed E-state index contributed by atoms with van der Waals surface area (Å²) in [5.41, 5.74) is -1.04. The van der Waals surface area contributed by atoms with Crippen molar-refractivity contribution in [1.82, 2.24) is 10.3 Å². The third-order valence-corrected chi connectivity index (χ3v) is 9.05. The van der Waals surface area contributed by atoms with Gasteiger partial charge in [-0.05, 0) is 66.9 Å². The fourth-order valence-corrected chi connectivity index (χ4v) is 6.47. The van der Waals surface area contributed by atoms with E-state index in [-0.39, 0.29) is 16.7 Å². The Morgan fingerprint density at radius 1 is 0.808 bits per heavy atom. The Hall–Kier alpha value is -5.89. The van der Waals surface area contributed by atoms with Crippen LogP contribution in [0.25, 0.3) is 11.1 Å². The van der Waals surface area contributed by atoms with Crippen molar-refractivity contribution in [3.8, 4) is 34.5 Å². The topological polar surface area (TPSA) is 65.0 Å². The van der Waals surface area contributed by atoms with E-state index in [2.05, 4.69) is 27.1 Å². The zero-order valence-electron chi connectivity index (χ0n) is 28.7. The molecular formula is C41H34F5N3O3. The molecule has 1 aliphatic heterocycles. The van der Waals surface area contributed by atoms with Crippen LogP contribution in [0.15, 0.2) is 114 Å². The van der Waals surface area contributed by atoms with E-state index in [9.17, 15) is 13.2 Å². The van der Waals surface area contributed by atoms with Crippen LogP contribution in [-0.4, -0.2) is 37.5 Å². The third-order valence-electron chi connectivity index (χ3n) is 9.05. The maximum atomic E-state index is 15.9. The number of hydrogen-bond donors (Lipinski definition) is 1. The molecule has 6 rings (SSSR count). The van der Waals surface area contributed by atoms with Crippen molar-refractivity contribution >= 4 is 6.02 Å². The van der Waals surface area contributed by atoms with Crippen LogP contribution >= 0.6 is 0 Å². The minimum Gasteiger partial charge on any atom is -0.497 e. The number of alkyl halides is 3. The van der Waals surface area contributed by atoms with Gasteiger partial charge in [0.25, 0.3) is 6.02 Å². The summed E-state index contributed by atoms with van der Waals surface area (Å²) in [6, 6.07) is 26.0. The SMILES string of the molecule is CC#Cc1cncc(-c2cc([C@]3(C)C[C@@H](C(F)(F)F)OC(NC(c4ccccc4)(c4ccc(OC)cc4)c4ccc(OC)cc4)=N3)c(F)cc2F)c1. The van der Waals surface area contributed by atoms with Gasteiger partial charge in [-0.2, -0.15) is 13.2 Å². The maximum Gasteiger partial charge on any atom is 0.425 e. The van der Waals surface area contributed by atoms with Gasteiger partial charge in [-0.15, -0.1) is 5.92 Å². The molecule has 266 valence electrons. The van der Waals surface area contributed by atoms with Gasteiger partial charge in [0.2, 0.25) is 0 Å². The quantitative estimate of drug-likeness (QED) is 0.0990. The summed E-state index contributed by atoms with van der Waals surface area (Å²) in [5, 5.41) is 3.24. The largest absolute Gasteiger partial charge is 0.497 e. The van der Waals surface area contributed by atoms with E-state index in [0.717, 1.165) is 0 Å². The number of aromatic nitrogens is 1. The summed E-state index contributed by atoms with van der Waals surface area (Å²) in [4.78, 5) is 8.80. The number of nitrogens with zero attached hydrogens (tertiary/aromatic N) is 2. The molecule has 5 aromatic rings. The molecule has 0 bridgehead atoms. The van der Waals surface area contributed by atoms with Gasteiger partial charge < -0.3 is 19.5 Å². The van der Waals surface area contributed by atoms with Gasteiger partial charge in [-0.25, -0.2) is 13.8 Å². The lowest BCUT2D eigenvalue weighted by molar-refractivity contribution is -0.209. The Labute approximate surface area is 298 Å². The Morgan fingerprint density at radius 3 is 1.96 bits per heavy atom. The highest BCUT2D eigenvalue weighted by atomic mass is 19.4. The van der Waals surface area contributed by atoms with Crippen molar-refractivity contribution in [2.45, 2.75) is 43.6 Å². The van der Waals surface area contributed by atoms with Crippen LogP contribution < -0.4 is 14.8 Å². The second kappa shape index (κ2) is 14.4. The zero-order chi connectivity index (χ0) is 37.1. The molecule has 0 radical (unpaired) electrons. The van der Waals surface area contributed by atoms with Crippen LogP contribution in [0.3, 0.4) is 0 Å². The Balaban J connectivity index is 1.57. The van der Waals surface area contributed by atoms with E-state index in [1.165, 1.54) is 39.6 Å². The lowest BCUT2D eigenvalue weighted by Gasteiger charge is -2.42. The minimum atomic E-state index is -4.88. The Bertz CT molecular complexity index is 2100. The average molecular weight is 712 g/mol. The van der Waals surface area contributed by atoms with E-state index in [0.29, 0.717) is 39.8 Å². The molecule has 0 amide bonds. The number of benzene rings is 4. The van der Waals surface area contributed by atoms with Crippen molar-refractivity contribution in [2.24, 2.45) is 4.99 Å². The van der Waals surface area contributed by atoms with Crippen molar-refractivity contribution in [2.75, 3.05) is 14.2 Å². The summed E-state index contributed by atoms with van der Waals surface area (Å²) in [6.07, 6.45) is -5.21. The number of hydrogen-bond acceptors (Lipinski definition) is 6. The summed E-state index contributed by atoms with van der Waals surface area (Å²) in [5.74, 6) is 4.72. The molecule has 0 unspecified atom stereocenters. The monoisotopic (exact) mass is 711 g/mol. The normalized spacial score (nSPS) is 17.2. The van der Waals surface area contributed by atoms with Crippen LogP contribution in [-0.2, 0) is 15.8 Å². The predicted octanol–water partition coefficient (Wildman–Crippen LogP) is 8.92. The highest BCUT2D eigenvalue weighted by Gasteiger charge is 2.52. The summed E-state index contributed by atoms with van der Waals surface area (Å²) >= 11 is 0. The van der Waals surface area contributed by atoms with E-state index in [1.807, 2.05) is 18.2 Å². The van der Waals surface area contributed by atoms with Crippen molar-refractivity contribution in [3.05, 3.63) is 149 Å². The van der Waals surface area contributed by atoms with Gasteiger partial charge >= 0.3 is 6.18 Å². The smallest absolute Gasteiger partial charge is 0.425 e. The molecule has 0 saturated carbocycles. The number of ether oxygens (including phenoxy) is 3. The van der Waals surface area contributed by atoms with E-state index < -0.39 is 47.4 Å². The van der Waals surface area contributed by atoms with Crippen LogP contribution in [0.5, 0.6) is 11.5 Å². The molecule has 0 aliphatic carbocycles. The molecule has 1 N–H and O–H groups in total. The van der Waals surface area contributed by atoms with Crippen molar-refractivity contribution in [1.29, 1.82) is 0 Å². The minimum absolute atomic E-state index is 0.0697. The standard InChI is InChI=1S/C41H34F5N3O3/c1-5-9-26-20-27(25-47-24-26)33-21-34(36(43)22-35(33)42)39(2)23-37(41(44,45)46)52-38(48-39)49-40(28-10-7-6-8-11-28,29-12-16-31(50-3)17-13-29)30-14-18-32(51-4)19-15-30/h6-8,10-22,24-25,37H,23H2,1-4H3,(H,48,49)/t37-,39-/m0/s1. The van der Waals surface area contributed by atoms with E-state index in [1.54, 1.807) is 73.7 Å². The van der Waals surface area contributed by atoms with Gasteiger partial charge in [0.1, 0.15) is 28.7 Å². The number of amidine groups is 1. The lowest BCUT2D eigenvalue weighted by Crippen LogP contribution is -2.54. The molecule has 1 aliphatic rings. The van der Waals surface area contributed by atoms with Gasteiger partial charge in [-0.3, -0.25) is 4.98 Å². The average Bonchev–Trinajstić information content (AvgIpc) is 3.14. The fourth-order valence-electron chi connectivity index (χ4n) is 6.47. The highest BCUT2D eigenvalue weighted by Crippen LogP contribution is 2.44. The second-order valence-corrected chi connectivity index (χ2v) is 12.4. The van der Waals surface area contributed by atoms with Crippen LogP contribution in [0.4, 0.5) is 22.0 Å². The number of nitrogens with one attached hydrogen (secondary N) is 1. The van der Waals surface area contributed by atoms with Crippen molar-refractivity contribution < 1.29 is 36.2 Å². The summed E-state index contributed by atoms with van der Waals surface area (Å²) in [6.45, 7) is 3.00. The lowest BCUT2D eigenvalue weighted by atomic mass is 9.77. The zero-order valence-corrected chi connectivity index (χ0v) is 28.7. The second-order valence-electron chi connectivity index (χ2n) is 12.4. The van der Waals surface area contributed by atoms with E-state index in [4.69, 9.17) is 14.2 Å². The number of pyridine rings is 1. The molecular weight excluding hydrogens is 677 g/mol. The molecule has 2 atom stereocenters. The molecule has 6 nitrogen and oxygen atoms in total. The van der Waals surface area contributed by atoms with Crippen LogP contribution in [0.2, 0.25) is 0 Å². The van der Waals surface area contributed by atoms with Gasteiger partial charge in [0, 0.05) is 47.1 Å². The van der Waals surface area contributed by atoms with Crippen LogP contribution in [0, 0.1) is 23.5 Å². The summed E-state index contributed by atoms with van der Waals surface area (Å²) in [7, 11) is 3.05. The number of rotatable bonds is 8. The first-order valence-corrected chi connectivity index (χ1v) is 16.2. The maximum absolute atomic E-state index is 15.9. The number of halogens is 5. The molecule has 4 aromatic carbocycles. The molecule has 2 heterocycles. The van der Waals surface area contributed by atoms with Crippen molar-refractivity contribution in [3.63, 3.8) is 0 Å². The Kier molecular flexibility index (Phi) is 9.94. The number of methoxy groups -OCH3 is 2. The third kappa shape index (κ3) is 7.01.